The molecule has 2 aliphatic rings. The number of hydrogen-bond acceptors (Lipinski definition) is 4. The predicted molar refractivity (Wildman–Crippen MR) is 89.2 cm³/mol. The number of nitrogens with zero attached hydrogens (tertiary/aromatic N) is 2. The van der Waals surface area contributed by atoms with Crippen molar-refractivity contribution in [3.63, 3.8) is 0 Å². The molecule has 0 saturated carbocycles. The van der Waals surface area contributed by atoms with Gasteiger partial charge in [0.15, 0.2) is 0 Å². The minimum absolute atomic E-state index is 0.198. The van der Waals surface area contributed by atoms with Crippen LogP contribution in [0.4, 0.5) is 4.79 Å². The van der Waals surface area contributed by atoms with Crippen LogP contribution in [0, 0.1) is 5.92 Å². The lowest BCUT2D eigenvalue weighted by Gasteiger charge is -2.35. The SMILES string of the molecule is CN1CC(NCC2CCN(C(=O)OC(C)(C)C)CC2)CCC1=O. The minimum atomic E-state index is -0.431. The zero-order valence-electron chi connectivity index (χ0n) is 14.9. The normalized spacial score (nSPS) is 24.0. The van der Waals surface area contributed by atoms with Crippen LogP contribution in [0.3, 0.4) is 0 Å². The highest BCUT2D eigenvalue weighted by molar-refractivity contribution is 5.76. The number of carbonyl (C=O) groups excluding carboxylic acids is 2. The molecule has 2 rings (SSSR count). The third kappa shape index (κ3) is 5.68. The van der Waals surface area contributed by atoms with Gasteiger partial charge in [0.1, 0.15) is 5.60 Å². The summed E-state index contributed by atoms with van der Waals surface area (Å²) in [7, 11) is 1.87. The number of likely N-dealkylation sites (N-methyl/N-ethyl adjacent to an activating group) is 1. The molecule has 2 heterocycles. The molecule has 2 fully saturated rings. The van der Waals surface area contributed by atoms with Gasteiger partial charge in [0.25, 0.3) is 0 Å². The van der Waals surface area contributed by atoms with Crippen molar-refractivity contribution in [3.8, 4) is 0 Å². The summed E-state index contributed by atoms with van der Waals surface area (Å²) in [6.45, 7) is 8.99. The lowest BCUT2D eigenvalue weighted by Crippen LogP contribution is -2.49. The van der Waals surface area contributed by atoms with Crippen molar-refractivity contribution in [2.75, 3.05) is 33.2 Å². The Hall–Kier alpha value is -1.30. The molecule has 0 aromatic carbocycles. The van der Waals surface area contributed by atoms with Gasteiger partial charge in [0.05, 0.1) is 0 Å². The smallest absolute Gasteiger partial charge is 0.410 e. The Morgan fingerprint density at radius 1 is 1.26 bits per heavy atom. The highest BCUT2D eigenvalue weighted by Gasteiger charge is 2.28. The van der Waals surface area contributed by atoms with E-state index < -0.39 is 5.60 Å². The lowest BCUT2D eigenvalue weighted by atomic mass is 9.96. The van der Waals surface area contributed by atoms with Crippen molar-refractivity contribution in [3.05, 3.63) is 0 Å². The van der Waals surface area contributed by atoms with Gasteiger partial charge >= 0.3 is 6.09 Å². The fraction of sp³-hybridized carbons (Fsp3) is 0.882. The first-order valence-corrected chi connectivity index (χ1v) is 8.70. The van der Waals surface area contributed by atoms with Gasteiger partial charge in [-0.25, -0.2) is 4.79 Å². The van der Waals surface area contributed by atoms with E-state index in [2.05, 4.69) is 5.32 Å². The zero-order chi connectivity index (χ0) is 17.0. The monoisotopic (exact) mass is 325 g/mol. The molecule has 0 radical (unpaired) electrons. The standard InChI is InChI=1S/C17H31N3O3/c1-17(2,3)23-16(22)20-9-7-13(8-10-20)11-18-14-5-6-15(21)19(4)12-14/h13-14,18H,5-12H2,1-4H3. The van der Waals surface area contributed by atoms with E-state index in [1.54, 1.807) is 0 Å². The molecule has 23 heavy (non-hydrogen) atoms. The van der Waals surface area contributed by atoms with E-state index in [0.29, 0.717) is 18.4 Å². The summed E-state index contributed by atoms with van der Waals surface area (Å²) in [6.07, 6.45) is 3.39. The summed E-state index contributed by atoms with van der Waals surface area (Å²) >= 11 is 0. The maximum absolute atomic E-state index is 12.0. The molecule has 0 bridgehead atoms. The van der Waals surface area contributed by atoms with Gasteiger partial charge in [0.2, 0.25) is 5.91 Å². The summed E-state index contributed by atoms with van der Waals surface area (Å²) in [5, 5.41) is 3.60. The van der Waals surface area contributed by atoms with E-state index in [1.165, 1.54) is 0 Å². The number of amides is 2. The summed E-state index contributed by atoms with van der Waals surface area (Å²) in [5.74, 6) is 0.838. The maximum Gasteiger partial charge on any atom is 0.410 e. The number of nitrogens with one attached hydrogen (secondary N) is 1. The molecule has 1 N–H and O–H groups in total. The fourth-order valence-electron chi connectivity index (χ4n) is 3.16. The highest BCUT2D eigenvalue weighted by Crippen LogP contribution is 2.20. The van der Waals surface area contributed by atoms with Crippen molar-refractivity contribution < 1.29 is 14.3 Å². The van der Waals surface area contributed by atoms with Gasteiger partial charge < -0.3 is 19.9 Å². The number of ether oxygens (including phenoxy) is 1. The summed E-state index contributed by atoms with van der Waals surface area (Å²) in [5.41, 5.74) is -0.431. The second-order valence-corrected chi connectivity index (χ2v) is 7.83. The van der Waals surface area contributed by atoms with E-state index in [0.717, 1.165) is 45.4 Å². The van der Waals surface area contributed by atoms with Crippen molar-refractivity contribution in [1.82, 2.24) is 15.1 Å². The van der Waals surface area contributed by atoms with Crippen LogP contribution in [0.5, 0.6) is 0 Å². The quantitative estimate of drug-likeness (QED) is 0.860. The fourth-order valence-corrected chi connectivity index (χ4v) is 3.16. The van der Waals surface area contributed by atoms with Gasteiger partial charge in [-0.1, -0.05) is 0 Å². The number of likely N-dealkylation sites (tertiary alicyclic amines) is 2. The van der Waals surface area contributed by atoms with E-state index in [1.807, 2.05) is 37.6 Å². The molecule has 1 unspecified atom stereocenters. The Kier molecular flexibility index (Phi) is 5.89. The molecule has 0 aliphatic carbocycles. The molecule has 2 saturated heterocycles. The molecule has 2 amide bonds. The second kappa shape index (κ2) is 7.51. The van der Waals surface area contributed by atoms with Crippen LogP contribution in [0.1, 0.15) is 46.5 Å². The van der Waals surface area contributed by atoms with E-state index in [-0.39, 0.29) is 12.0 Å². The van der Waals surface area contributed by atoms with Crippen molar-refractivity contribution >= 4 is 12.0 Å². The summed E-state index contributed by atoms with van der Waals surface area (Å²) in [6, 6.07) is 0.404. The largest absolute Gasteiger partial charge is 0.444 e. The highest BCUT2D eigenvalue weighted by atomic mass is 16.6. The number of piperidine rings is 2. The number of hydrogen-bond donors (Lipinski definition) is 1. The van der Waals surface area contributed by atoms with Crippen molar-refractivity contribution in [2.45, 2.75) is 58.1 Å². The Bertz CT molecular complexity index is 425. The molecule has 0 aromatic rings. The van der Waals surface area contributed by atoms with Crippen LogP contribution in [0.15, 0.2) is 0 Å². The Labute approximate surface area is 139 Å². The lowest BCUT2D eigenvalue weighted by molar-refractivity contribution is -0.132. The summed E-state index contributed by atoms with van der Waals surface area (Å²) < 4.78 is 5.42. The number of carbonyl (C=O) groups is 2. The Morgan fingerprint density at radius 2 is 1.91 bits per heavy atom. The van der Waals surface area contributed by atoms with E-state index in [9.17, 15) is 9.59 Å². The topological polar surface area (TPSA) is 61.9 Å². The van der Waals surface area contributed by atoms with Gasteiger partial charge in [0, 0.05) is 39.1 Å². The first kappa shape index (κ1) is 18.0. The summed E-state index contributed by atoms with van der Waals surface area (Å²) in [4.78, 5) is 27.2. The molecule has 2 aliphatic heterocycles. The Morgan fingerprint density at radius 3 is 2.48 bits per heavy atom. The first-order valence-electron chi connectivity index (χ1n) is 8.70. The molecule has 6 nitrogen and oxygen atoms in total. The van der Waals surface area contributed by atoms with Gasteiger partial charge in [-0.05, 0) is 52.5 Å². The molecule has 0 aromatic heterocycles. The van der Waals surface area contributed by atoms with Crippen LogP contribution in [-0.2, 0) is 9.53 Å². The first-order chi connectivity index (χ1) is 10.7. The minimum Gasteiger partial charge on any atom is -0.444 e. The van der Waals surface area contributed by atoms with E-state index >= 15 is 0 Å². The molecular weight excluding hydrogens is 294 g/mol. The molecule has 132 valence electrons. The molecular formula is C17H31N3O3. The van der Waals surface area contributed by atoms with Crippen molar-refractivity contribution in [2.24, 2.45) is 5.92 Å². The van der Waals surface area contributed by atoms with Crippen LogP contribution in [0.25, 0.3) is 0 Å². The Balaban J connectivity index is 1.67. The maximum atomic E-state index is 12.0. The van der Waals surface area contributed by atoms with Crippen LogP contribution < -0.4 is 5.32 Å². The van der Waals surface area contributed by atoms with E-state index in [4.69, 9.17) is 4.74 Å². The van der Waals surface area contributed by atoms with Crippen molar-refractivity contribution in [1.29, 1.82) is 0 Å². The van der Waals surface area contributed by atoms with Crippen LogP contribution in [0.2, 0.25) is 0 Å². The number of rotatable bonds is 3. The average molecular weight is 325 g/mol. The zero-order valence-corrected chi connectivity index (χ0v) is 14.9. The van der Waals surface area contributed by atoms with Crippen LogP contribution in [-0.4, -0.2) is 66.7 Å². The molecule has 1 atom stereocenters. The van der Waals surface area contributed by atoms with Gasteiger partial charge in [-0.15, -0.1) is 0 Å². The average Bonchev–Trinajstić information content (AvgIpc) is 2.47. The molecule has 0 spiro atoms. The molecule has 6 heteroatoms. The van der Waals surface area contributed by atoms with Gasteiger partial charge in [-0.2, -0.15) is 0 Å². The third-order valence-electron chi connectivity index (χ3n) is 4.59. The third-order valence-corrected chi connectivity index (χ3v) is 4.59. The van der Waals surface area contributed by atoms with Gasteiger partial charge in [-0.3, -0.25) is 4.79 Å². The van der Waals surface area contributed by atoms with Crippen LogP contribution >= 0.6 is 0 Å². The second-order valence-electron chi connectivity index (χ2n) is 7.83. The predicted octanol–water partition coefficient (Wildman–Crippen LogP) is 1.84.